The van der Waals surface area contributed by atoms with Gasteiger partial charge in [-0.25, -0.2) is 9.78 Å². The van der Waals surface area contributed by atoms with Crippen LogP contribution < -0.4 is 11.2 Å². The lowest BCUT2D eigenvalue weighted by atomic mass is 9.86. The van der Waals surface area contributed by atoms with E-state index < -0.39 is 19.3 Å². The first-order chi connectivity index (χ1) is 14.8. The highest BCUT2D eigenvalue weighted by atomic mass is 28.3. The predicted octanol–water partition coefficient (Wildman–Crippen LogP) is 3.28. The molecule has 0 atom stereocenters. The van der Waals surface area contributed by atoms with Gasteiger partial charge in [-0.1, -0.05) is 19.6 Å². The van der Waals surface area contributed by atoms with Crippen LogP contribution in [0.3, 0.4) is 0 Å². The molecule has 1 N–H and O–H groups in total. The number of hydrogen-bond acceptors (Lipinski definition) is 5. The summed E-state index contributed by atoms with van der Waals surface area (Å²) >= 11 is 0. The van der Waals surface area contributed by atoms with E-state index >= 15 is 0 Å². The summed E-state index contributed by atoms with van der Waals surface area (Å²) in [4.78, 5) is 43.4. The van der Waals surface area contributed by atoms with Gasteiger partial charge in [-0.2, -0.15) is 0 Å². The van der Waals surface area contributed by atoms with Crippen LogP contribution in [0.4, 0.5) is 0 Å². The fraction of sp³-hybridized carbons (Fsp3) is 0.545. The Hall–Kier alpha value is -2.52. The molecular weight excluding hydrogens is 412 g/mol. The third-order valence-corrected chi connectivity index (χ3v) is 7.91. The molecule has 1 fully saturated rings. The largest absolute Gasteiger partial charge is 0.361 e. The molecule has 0 bridgehead atoms. The summed E-state index contributed by atoms with van der Waals surface area (Å²) < 4.78 is 9.50. The molecule has 31 heavy (non-hydrogen) atoms. The monoisotopic (exact) mass is 442 g/mol. The molecule has 0 unspecified atom stereocenters. The number of rotatable bonds is 7. The molecular formula is C22H30N4O4Si. The zero-order valence-electron chi connectivity index (χ0n) is 18.4. The topological polar surface area (TPSA) is 99.0 Å². The van der Waals surface area contributed by atoms with Gasteiger partial charge in [-0.05, 0) is 37.8 Å². The quantitative estimate of drug-likeness (QED) is 0.344. The Labute approximate surface area is 181 Å². The molecule has 3 aromatic heterocycles. The van der Waals surface area contributed by atoms with E-state index in [1.165, 1.54) is 0 Å². The average molecular weight is 443 g/mol. The standard InChI is InChI=1S/C22H30N4O4Si/c1-31(2,3)11-10-30-14-25-9-8-17-19-18(12-23-20(17)25)21(28)24-22(29)26(19)16-6-4-15(13-27)5-7-16/h8-9,12-13,15-16H,4-7,10-11,14H2,1-3H3,(H,24,28,29). The van der Waals surface area contributed by atoms with Crippen molar-refractivity contribution >= 4 is 36.3 Å². The molecule has 1 saturated carbocycles. The number of aldehydes is 1. The Balaban J connectivity index is 1.73. The number of fused-ring (bicyclic) bond motifs is 3. The fourth-order valence-electron chi connectivity index (χ4n) is 4.37. The number of carbonyl (C=O) groups excluding carboxylic acids is 1. The number of carbonyl (C=O) groups is 1. The maximum Gasteiger partial charge on any atom is 0.329 e. The van der Waals surface area contributed by atoms with E-state index in [0.717, 1.165) is 43.4 Å². The van der Waals surface area contributed by atoms with Gasteiger partial charge in [0.05, 0.1) is 10.9 Å². The maximum absolute atomic E-state index is 12.8. The van der Waals surface area contributed by atoms with Crippen molar-refractivity contribution in [2.75, 3.05) is 6.61 Å². The van der Waals surface area contributed by atoms with Gasteiger partial charge in [-0.15, -0.1) is 0 Å². The van der Waals surface area contributed by atoms with Crippen molar-refractivity contribution in [2.24, 2.45) is 5.92 Å². The maximum atomic E-state index is 12.8. The molecule has 3 aromatic rings. The first kappa shape index (κ1) is 21.7. The third kappa shape index (κ3) is 4.43. The van der Waals surface area contributed by atoms with Crippen molar-refractivity contribution in [1.29, 1.82) is 0 Å². The minimum Gasteiger partial charge on any atom is -0.361 e. The van der Waals surface area contributed by atoms with Crippen molar-refractivity contribution < 1.29 is 9.53 Å². The van der Waals surface area contributed by atoms with Crippen LogP contribution in [0.1, 0.15) is 31.7 Å². The number of aromatic nitrogens is 4. The Bertz CT molecular complexity index is 1210. The Morgan fingerprint density at radius 1 is 1.19 bits per heavy atom. The Morgan fingerprint density at radius 2 is 1.94 bits per heavy atom. The van der Waals surface area contributed by atoms with E-state index in [4.69, 9.17) is 4.74 Å². The van der Waals surface area contributed by atoms with Gasteiger partial charge >= 0.3 is 5.69 Å². The van der Waals surface area contributed by atoms with Crippen molar-refractivity contribution in [3.63, 3.8) is 0 Å². The highest BCUT2D eigenvalue weighted by Gasteiger charge is 2.26. The molecule has 0 spiro atoms. The van der Waals surface area contributed by atoms with E-state index in [9.17, 15) is 14.4 Å². The molecule has 9 heteroatoms. The molecule has 0 aliphatic heterocycles. The van der Waals surface area contributed by atoms with Crippen molar-refractivity contribution in [1.82, 2.24) is 19.1 Å². The van der Waals surface area contributed by atoms with Gasteiger partial charge in [0.1, 0.15) is 18.7 Å². The van der Waals surface area contributed by atoms with E-state index in [1.807, 2.05) is 16.8 Å². The summed E-state index contributed by atoms with van der Waals surface area (Å²) in [5, 5.41) is 1.18. The van der Waals surface area contributed by atoms with Crippen LogP contribution in [0, 0.1) is 5.92 Å². The summed E-state index contributed by atoms with van der Waals surface area (Å²) in [5.74, 6) is 0.0528. The SMILES string of the molecule is C[Si](C)(C)CCOCn1ccc2c1ncc1c(=O)[nH]c(=O)n(C3CCC(C=O)CC3)c12. The van der Waals surface area contributed by atoms with E-state index in [2.05, 4.69) is 29.6 Å². The lowest BCUT2D eigenvalue weighted by molar-refractivity contribution is -0.112. The van der Waals surface area contributed by atoms with Crippen molar-refractivity contribution in [3.05, 3.63) is 39.3 Å². The first-order valence-electron chi connectivity index (χ1n) is 10.9. The zero-order chi connectivity index (χ0) is 22.2. The van der Waals surface area contributed by atoms with Crippen LogP contribution in [-0.4, -0.2) is 40.1 Å². The number of nitrogens with zero attached hydrogens (tertiary/aromatic N) is 3. The van der Waals surface area contributed by atoms with Crippen LogP contribution in [-0.2, 0) is 16.3 Å². The molecule has 166 valence electrons. The van der Waals surface area contributed by atoms with Gasteiger partial charge < -0.3 is 14.1 Å². The molecule has 3 heterocycles. The molecule has 4 rings (SSSR count). The summed E-state index contributed by atoms with van der Waals surface area (Å²) in [6.07, 6.45) is 7.41. The number of hydrogen-bond donors (Lipinski definition) is 1. The first-order valence-corrected chi connectivity index (χ1v) is 14.6. The summed E-state index contributed by atoms with van der Waals surface area (Å²) in [7, 11) is -1.16. The Morgan fingerprint density at radius 3 is 2.61 bits per heavy atom. The molecule has 0 saturated heterocycles. The van der Waals surface area contributed by atoms with E-state index in [1.54, 1.807) is 10.8 Å². The van der Waals surface area contributed by atoms with Gasteiger partial charge in [0.25, 0.3) is 5.56 Å². The predicted molar refractivity (Wildman–Crippen MR) is 123 cm³/mol. The number of pyridine rings is 1. The summed E-state index contributed by atoms with van der Waals surface area (Å²) in [5.41, 5.74) is 0.486. The minimum absolute atomic E-state index is 0.0509. The average Bonchev–Trinajstić information content (AvgIpc) is 3.14. The summed E-state index contributed by atoms with van der Waals surface area (Å²) in [6.45, 7) is 8.02. The Kier molecular flexibility index (Phi) is 5.98. The molecule has 0 aromatic carbocycles. The highest BCUT2D eigenvalue weighted by molar-refractivity contribution is 6.76. The van der Waals surface area contributed by atoms with Gasteiger partial charge in [0.15, 0.2) is 0 Å². The zero-order valence-corrected chi connectivity index (χ0v) is 19.4. The molecule has 8 nitrogen and oxygen atoms in total. The van der Waals surface area contributed by atoms with Gasteiger partial charge in [0, 0.05) is 44.4 Å². The van der Waals surface area contributed by atoms with Crippen LogP contribution in [0.15, 0.2) is 28.0 Å². The second-order valence-corrected chi connectivity index (χ2v) is 15.3. The number of H-pyrrole nitrogens is 1. The fourth-order valence-corrected chi connectivity index (χ4v) is 5.12. The number of nitrogens with one attached hydrogen (secondary N) is 1. The summed E-state index contributed by atoms with van der Waals surface area (Å²) in [6, 6.07) is 2.94. The highest BCUT2D eigenvalue weighted by Crippen LogP contribution is 2.33. The van der Waals surface area contributed by atoms with Gasteiger partial charge in [0.2, 0.25) is 0 Å². The van der Waals surface area contributed by atoms with E-state index in [-0.39, 0.29) is 12.0 Å². The van der Waals surface area contributed by atoms with E-state index in [0.29, 0.717) is 29.9 Å². The number of ether oxygens (including phenoxy) is 1. The van der Waals surface area contributed by atoms with Crippen molar-refractivity contribution in [3.8, 4) is 0 Å². The molecule has 0 amide bonds. The van der Waals surface area contributed by atoms with Gasteiger partial charge in [-0.3, -0.25) is 14.3 Å². The number of aromatic amines is 1. The normalized spacial score (nSPS) is 19.8. The molecule has 1 aliphatic carbocycles. The van der Waals surface area contributed by atoms with Crippen LogP contribution in [0.25, 0.3) is 21.9 Å². The lowest BCUT2D eigenvalue weighted by Gasteiger charge is -2.28. The third-order valence-electron chi connectivity index (χ3n) is 6.21. The second-order valence-electron chi connectivity index (χ2n) is 9.73. The lowest BCUT2D eigenvalue weighted by Crippen LogP contribution is -2.34. The van der Waals surface area contributed by atoms with Crippen molar-refractivity contribution in [2.45, 2.75) is 64.1 Å². The molecule has 0 radical (unpaired) electrons. The van der Waals surface area contributed by atoms with Crippen LogP contribution in [0.2, 0.25) is 25.7 Å². The van der Waals surface area contributed by atoms with Crippen LogP contribution >= 0.6 is 0 Å². The smallest absolute Gasteiger partial charge is 0.329 e. The van der Waals surface area contributed by atoms with Crippen LogP contribution in [0.5, 0.6) is 0 Å². The second kappa shape index (κ2) is 8.55. The molecule has 1 aliphatic rings. The minimum atomic E-state index is -1.16.